The predicted molar refractivity (Wildman–Crippen MR) is 57.1 cm³/mol. The number of hydrogen-bond donors (Lipinski definition) is 0. The molecule has 0 aliphatic carbocycles. The third-order valence-electron chi connectivity index (χ3n) is 2.51. The van der Waals surface area contributed by atoms with Crippen molar-refractivity contribution in [3.8, 4) is 0 Å². The minimum Gasteiger partial charge on any atom is -0.131 e. The summed E-state index contributed by atoms with van der Waals surface area (Å²) in [6.45, 7) is 9.21. The summed E-state index contributed by atoms with van der Waals surface area (Å²) in [5, 5.41) is 0.424. The summed E-state index contributed by atoms with van der Waals surface area (Å²) < 4.78 is 0. The Morgan fingerprint density at radius 3 is 2.18 bits per heavy atom. The molecule has 68 valence electrons. The second-order valence-electron chi connectivity index (χ2n) is 4.22. The van der Waals surface area contributed by atoms with Crippen LogP contribution in [0, 0.1) is 5.92 Å². The van der Waals surface area contributed by atoms with Gasteiger partial charge in [0.05, 0.1) is 0 Å². The van der Waals surface area contributed by atoms with Gasteiger partial charge < -0.3 is 0 Å². The average molecular weight is 174 g/mol. The Morgan fingerprint density at radius 1 is 1.27 bits per heavy atom. The quantitative estimate of drug-likeness (QED) is 0.438. The molecule has 0 heterocycles. The molecule has 0 bridgehead atoms. The minimum atomic E-state index is 0.424. The monoisotopic (exact) mass is 174 g/mol. The van der Waals surface area contributed by atoms with Gasteiger partial charge in [-0.15, -0.1) is 9.24 Å². The lowest BCUT2D eigenvalue weighted by atomic mass is 9.91. The summed E-state index contributed by atoms with van der Waals surface area (Å²) >= 11 is 0. The Hall–Kier alpha value is 0.430. The molecule has 0 rings (SSSR count). The zero-order chi connectivity index (χ0) is 8.91. The first-order chi connectivity index (χ1) is 4.98. The third kappa shape index (κ3) is 5.67. The molecule has 0 aliphatic heterocycles. The second kappa shape index (κ2) is 5.14. The van der Waals surface area contributed by atoms with Gasteiger partial charge in [0, 0.05) is 0 Å². The van der Waals surface area contributed by atoms with E-state index in [0.717, 1.165) is 5.92 Å². The van der Waals surface area contributed by atoms with E-state index in [1.807, 2.05) is 0 Å². The van der Waals surface area contributed by atoms with Gasteiger partial charge >= 0.3 is 0 Å². The molecule has 0 aromatic carbocycles. The van der Waals surface area contributed by atoms with E-state index < -0.39 is 0 Å². The largest absolute Gasteiger partial charge is 0.131 e. The van der Waals surface area contributed by atoms with E-state index in [0.29, 0.717) is 5.16 Å². The zero-order valence-electron chi connectivity index (χ0n) is 8.48. The Morgan fingerprint density at radius 2 is 1.82 bits per heavy atom. The Kier molecular flexibility index (Phi) is 5.34. The van der Waals surface area contributed by atoms with E-state index in [1.54, 1.807) is 0 Å². The topological polar surface area (TPSA) is 0 Å². The first-order valence-corrected chi connectivity index (χ1v) is 5.35. The van der Waals surface area contributed by atoms with Crippen LogP contribution in [0.4, 0.5) is 0 Å². The molecule has 2 unspecified atom stereocenters. The van der Waals surface area contributed by atoms with Crippen molar-refractivity contribution in [3.63, 3.8) is 0 Å². The van der Waals surface area contributed by atoms with Crippen molar-refractivity contribution in [1.82, 2.24) is 0 Å². The van der Waals surface area contributed by atoms with E-state index >= 15 is 0 Å². The fourth-order valence-corrected chi connectivity index (χ4v) is 1.24. The lowest BCUT2D eigenvalue weighted by Gasteiger charge is -2.26. The van der Waals surface area contributed by atoms with E-state index in [4.69, 9.17) is 0 Å². The SMILES string of the molecule is CCCCCC(C)C(C)(C)P. The highest BCUT2D eigenvalue weighted by molar-refractivity contribution is 7.18. The van der Waals surface area contributed by atoms with Gasteiger partial charge in [0.1, 0.15) is 0 Å². The van der Waals surface area contributed by atoms with E-state index in [2.05, 4.69) is 36.9 Å². The molecule has 0 radical (unpaired) electrons. The van der Waals surface area contributed by atoms with Crippen molar-refractivity contribution < 1.29 is 0 Å². The van der Waals surface area contributed by atoms with Crippen LogP contribution in [0.3, 0.4) is 0 Å². The molecule has 0 nitrogen and oxygen atoms in total. The molecular formula is C10H23P. The smallest absolute Gasteiger partial charge is 0.0181 e. The molecule has 11 heavy (non-hydrogen) atoms. The van der Waals surface area contributed by atoms with Gasteiger partial charge in [0.2, 0.25) is 0 Å². The summed E-state index contributed by atoms with van der Waals surface area (Å²) in [6.07, 6.45) is 5.51. The van der Waals surface area contributed by atoms with Crippen molar-refractivity contribution in [1.29, 1.82) is 0 Å². The van der Waals surface area contributed by atoms with Crippen molar-refractivity contribution in [2.45, 2.75) is 58.5 Å². The van der Waals surface area contributed by atoms with Crippen molar-refractivity contribution in [2.75, 3.05) is 0 Å². The highest BCUT2D eigenvalue weighted by Crippen LogP contribution is 2.30. The molecule has 0 aromatic heterocycles. The van der Waals surface area contributed by atoms with E-state index in [-0.39, 0.29) is 0 Å². The van der Waals surface area contributed by atoms with Crippen molar-refractivity contribution in [3.05, 3.63) is 0 Å². The lowest BCUT2D eigenvalue weighted by Crippen LogP contribution is -2.20. The number of unbranched alkanes of at least 4 members (excludes halogenated alkanes) is 2. The minimum absolute atomic E-state index is 0.424. The van der Waals surface area contributed by atoms with Gasteiger partial charge in [-0.2, -0.15) is 0 Å². The Bertz CT molecular complexity index is 91.5. The molecule has 0 aromatic rings. The predicted octanol–water partition coefficient (Wildman–Crippen LogP) is 3.86. The fourth-order valence-electron chi connectivity index (χ4n) is 1.07. The van der Waals surface area contributed by atoms with Gasteiger partial charge in [0.15, 0.2) is 0 Å². The molecule has 0 saturated heterocycles. The van der Waals surface area contributed by atoms with Gasteiger partial charge in [-0.3, -0.25) is 0 Å². The van der Waals surface area contributed by atoms with Crippen LogP contribution in [0.2, 0.25) is 0 Å². The molecule has 0 aliphatic rings. The van der Waals surface area contributed by atoms with Crippen LogP contribution in [-0.4, -0.2) is 5.16 Å². The highest BCUT2D eigenvalue weighted by Gasteiger charge is 2.18. The Balaban J connectivity index is 3.44. The highest BCUT2D eigenvalue weighted by atomic mass is 31.0. The first kappa shape index (κ1) is 11.4. The molecule has 0 saturated carbocycles. The van der Waals surface area contributed by atoms with Gasteiger partial charge in [0.25, 0.3) is 0 Å². The summed E-state index contributed by atoms with van der Waals surface area (Å²) in [5.41, 5.74) is 0. The van der Waals surface area contributed by atoms with Crippen LogP contribution in [0.5, 0.6) is 0 Å². The lowest BCUT2D eigenvalue weighted by molar-refractivity contribution is 0.411. The molecule has 0 spiro atoms. The summed E-state index contributed by atoms with van der Waals surface area (Å²) in [6, 6.07) is 0. The van der Waals surface area contributed by atoms with Crippen LogP contribution in [0.15, 0.2) is 0 Å². The Labute approximate surface area is 74.4 Å². The van der Waals surface area contributed by atoms with E-state index in [9.17, 15) is 0 Å². The first-order valence-electron chi connectivity index (χ1n) is 4.77. The van der Waals surface area contributed by atoms with Crippen molar-refractivity contribution >= 4 is 9.24 Å². The van der Waals surface area contributed by atoms with Crippen LogP contribution in [-0.2, 0) is 0 Å². The standard InChI is InChI=1S/C10H23P/c1-5-6-7-8-9(2)10(3,4)11/h9H,5-8,11H2,1-4H3. The maximum Gasteiger partial charge on any atom is -0.0181 e. The summed E-state index contributed by atoms with van der Waals surface area (Å²) in [5.74, 6) is 0.832. The second-order valence-corrected chi connectivity index (χ2v) is 5.71. The summed E-state index contributed by atoms with van der Waals surface area (Å²) in [7, 11) is 2.94. The maximum absolute atomic E-state index is 2.94. The molecule has 0 fully saturated rings. The number of rotatable bonds is 5. The number of hydrogen-bond acceptors (Lipinski definition) is 0. The average Bonchev–Trinajstić information content (AvgIpc) is 1.86. The fraction of sp³-hybridized carbons (Fsp3) is 1.00. The summed E-state index contributed by atoms with van der Waals surface area (Å²) in [4.78, 5) is 0. The van der Waals surface area contributed by atoms with Gasteiger partial charge in [-0.1, -0.05) is 47.0 Å². The van der Waals surface area contributed by atoms with Gasteiger partial charge in [-0.05, 0) is 17.5 Å². The molecule has 2 atom stereocenters. The maximum atomic E-state index is 2.94. The van der Waals surface area contributed by atoms with Crippen LogP contribution < -0.4 is 0 Å². The molecular weight excluding hydrogens is 151 g/mol. The third-order valence-corrected chi connectivity index (χ3v) is 3.08. The molecule has 0 N–H and O–H groups in total. The molecule has 0 amide bonds. The van der Waals surface area contributed by atoms with Gasteiger partial charge in [-0.25, -0.2) is 0 Å². The van der Waals surface area contributed by atoms with Crippen LogP contribution >= 0.6 is 9.24 Å². The zero-order valence-corrected chi connectivity index (χ0v) is 9.64. The van der Waals surface area contributed by atoms with E-state index in [1.165, 1.54) is 25.7 Å². The van der Waals surface area contributed by atoms with Crippen LogP contribution in [0.1, 0.15) is 53.4 Å². The normalized spacial score (nSPS) is 15.0. The van der Waals surface area contributed by atoms with Crippen LogP contribution in [0.25, 0.3) is 0 Å². The molecule has 1 heteroatoms. The van der Waals surface area contributed by atoms with Crippen molar-refractivity contribution in [2.24, 2.45) is 5.92 Å².